The maximum Gasteiger partial charge on any atom is 0.226 e. The Morgan fingerprint density at radius 2 is 1.72 bits per heavy atom. The molecule has 7 heteroatoms. The summed E-state index contributed by atoms with van der Waals surface area (Å²) in [6, 6.07) is 3.13. The highest BCUT2D eigenvalue weighted by molar-refractivity contribution is 5.95. The van der Waals surface area contributed by atoms with Gasteiger partial charge in [0.2, 0.25) is 11.8 Å². The second-order valence-corrected chi connectivity index (χ2v) is 14.3. The van der Waals surface area contributed by atoms with Crippen molar-refractivity contribution < 1.29 is 12.4 Å². The molecular weight excluding hydrogens is 619 g/mol. The number of rotatable bonds is 12. The number of amides is 2. The van der Waals surface area contributed by atoms with E-state index in [9.17, 15) is 9.59 Å². The van der Waals surface area contributed by atoms with Gasteiger partial charge in [-0.25, -0.2) is 0 Å². The number of pyridine rings is 1. The van der Waals surface area contributed by atoms with E-state index in [-0.39, 0.29) is 20.6 Å². The van der Waals surface area contributed by atoms with Gasteiger partial charge >= 0.3 is 0 Å². The molecule has 0 saturated heterocycles. The van der Waals surface area contributed by atoms with Crippen molar-refractivity contribution in [2.24, 2.45) is 11.8 Å². The quantitative estimate of drug-likeness (QED) is 0.169. The van der Waals surface area contributed by atoms with E-state index >= 15 is 0 Å². The molecular formula is C43H71N5O2. The number of aryl methyl sites for hydroxylation is 1. The molecule has 0 bridgehead atoms. The van der Waals surface area contributed by atoms with Crippen LogP contribution in [0.2, 0.25) is 0 Å². The van der Waals surface area contributed by atoms with E-state index in [1.165, 1.54) is 62.5 Å². The average molecular weight is 690 g/mol. The first-order valence-corrected chi connectivity index (χ1v) is 19.1. The van der Waals surface area contributed by atoms with Gasteiger partial charge in [-0.3, -0.25) is 19.5 Å². The highest BCUT2D eigenvalue weighted by atomic mass is 16.2. The van der Waals surface area contributed by atoms with Crippen LogP contribution in [0, 0.1) is 18.8 Å². The molecule has 2 fully saturated rings. The number of nitrogens with zero attached hydrogens (tertiary/aromatic N) is 3. The van der Waals surface area contributed by atoms with E-state index in [4.69, 9.17) is 0 Å². The monoisotopic (exact) mass is 690 g/mol. The Morgan fingerprint density at radius 1 is 1.08 bits per heavy atom. The van der Waals surface area contributed by atoms with E-state index in [0.717, 1.165) is 30.7 Å². The molecule has 3 aliphatic rings. The van der Waals surface area contributed by atoms with Crippen LogP contribution in [0.4, 0.5) is 11.4 Å². The van der Waals surface area contributed by atoms with Crippen molar-refractivity contribution in [3.63, 3.8) is 0 Å². The zero-order valence-electron chi connectivity index (χ0n) is 32.8. The van der Waals surface area contributed by atoms with Gasteiger partial charge < -0.3 is 15.5 Å². The standard InChI is InChI=1S/C22H34N4O2.C18H25N.C3H8.2H2/c1-15(2)22(28)25-20-13-17(14-23-16(20)3)24-21(27)11-12-26(19-9-6-10-19)18-7-4-5-8-18;1-6-9-16-12-15(7-2)10-11-18(13-16)17(8-3)14-19(4)5;1-3-2;;/h13-15,18-19H,4-12H2,1-3H3,(H,24,27)(H,25,28);6,8,10-11,13-15H,3,7,12H2,1-2,4-5H3;3H2,1-2H3;2*1H/b;17-14+;;;. The third-order valence-electron chi connectivity index (χ3n) is 9.25. The van der Waals surface area contributed by atoms with Crippen LogP contribution in [0.3, 0.4) is 0 Å². The summed E-state index contributed by atoms with van der Waals surface area (Å²) in [4.78, 5) is 33.5. The number of nitrogens with one attached hydrogen (secondary N) is 2. The molecule has 2 amide bonds. The normalized spacial score (nSPS) is 17.7. The van der Waals surface area contributed by atoms with Crippen LogP contribution >= 0.6 is 0 Å². The summed E-state index contributed by atoms with van der Waals surface area (Å²) >= 11 is 0. The van der Waals surface area contributed by atoms with E-state index in [0.29, 0.717) is 35.8 Å². The van der Waals surface area contributed by atoms with Crippen molar-refractivity contribution in [3.05, 3.63) is 83.6 Å². The molecule has 1 unspecified atom stereocenters. The summed E-state index contributed by atoms with van der Waals surface area (Å²) in [5.74, 6) is 0.447. The van der Waals surface area contributed by atoms with Gasteiger partial charge in [0, 0.05) is 54.1 Å². The number of anilines is 2. The largest absolute Gasteiger partial charge is 0.383 e. The fourth-order valence-corrected chi connectivity index (χ4v) is 6.23. The third kappa shape index (κ3) is 14.7. The van der Waals surface area contributed by atoms with E-state index in [1.54, 1.807) is 12.3 Å². The maximum absolute atomic E-state index is 12.5. The summed E-state index contributed by atoms with van der Waals surface area (Å²) in [6.45, 7) is 18.8. The zero-order chi connectivity index (χ0) is 37.1. The Morgan fingerprint density at radius 3 is 2.24 bits per heavy atom. The first-order chi connectivity index (χ1) is 23.9. The first kappa shape index (κ1) is 42.5. The molecule has 0 radical (unpaired) electrons. The summed E-state index contributed by atoms with van der Waals surface area (Å²) in [7, 11) is 4.06. The highest BCUT2D eigenvalue weighted by Crippen LogP contribution is 2.33. The van der Waals surface area contributed by atoms with Gasteiger partial charge in [-0.05, 0) is 93.2 Å². The molecule has 1 aromatic rings. The molecule has 2 saturated carbocycles. The molecule has 7 nitrogen and oxygen atoms in total. The molecule has 0 aromatic carbocycles. The molecule has 50 heavy (non-hydrogen) atoms. The van der Waals surface area contributed by atoms with Crippen LogP contribution < -0.4 is 10.6 Å². The van der Waals surface area contributed by atoms with Gasteiger partial charge in [0.1, 0.15) is 0 Å². The second-order valence-electron chi connectivity index (χ2n) is 14.3. The summed E-state index contributed by atoms with van der Waals surface area (Å²) in [5, 5.41) is 5.83. The van der Waals surface area contributed by atoms with Crippen molar-refractivity contribution in [3.8, 4) is 0 Å². The van der Waals surface area contributed by atoms with Gasteiger partial charge in [-0.1, -0.05) is 85.1 Å². The second kappa shape index (κ2) is 22.9. The average Bonchev–Trinajstić information content (AvgIpc) is 3.51. The molecule has 4 rings (SSSR count). The lowest BCUT2D eigenvalue weighted by Crippen LogP contribution is -2.46. The van der Waals surface area contributed by atoms with Crippen molar-refractivity contribution in [1.29, 1.82) is 0 Å². The number of hydrogen-bond acceptors (Lipinski definition) is 5. The lowest BCUT2D eigenvalue weighted by Gasteiger charge is -2.41. The summed E-state index contributed by atoms with van der Waals surface area (Å²) in [6.07, 6.45) is 27.4. The van der Waals surface area contributed by atoms with Crippen molar-refractivity contribution in [2.75, 3.05) is 31.3 Å². The van der Waals surface area contributed by atoms with Gasteiger partial charge in [0.15, 0.2) is 0 Å². The number of allylic oxidation sites excluding steroid dienone is 7. The number of aromatic nitrogens is 1. The Balaban J connectivity index is 0.000000952. The van der Waals surface area contributed by atoms with Crippen molar-refractivity contribution in [2.45, 2.75) is 131 Å². The minimum absolute atomic E-state index is 0. The fourth-order valence-electron chi connectivity index (χ4n) is 6.23. The lowest BCUT2D eigenvalue weighted by molar-refractivity contribution is -0.119. The van der Waals surface area contributed by atoms with E-state index in [2.05, 4.69) is 78.0 Å². The fraction of sp³-hybridized carbons (Fsp3) is 0.581. The van der Waals surface area contributed by atoms with E-state index in [1.807, 2.05) is 58.8 Å². The van der Waals surface area contributed by atoms with E-state index < -0.39 is 0 Å². The Kier molecular flexibility index (Phi) is 19.5. The molecule has 2 N–H and O–H groups in total. The smallest absolute Gasteiger partial charge is 0.226 e. The van der Waals surface area contributed by atoms with Crippen LogP contribution in [0.25, 0.3) is 0 Å². The Bertz CT molecular complexity index is 1400. The first-order valence-electron chi connectivity index (χ1n) is 19.1. The van der Waals surface area contributed by atoms with Crippen molar-refractivity contribution >= 4 is 23.2 Å². The number of hydrogen-bond donors (Lipinski definition) is 2. The van der Waals surface area contributed by atoms with Gasteiger partial charge in [-0.2, -0.15) is 0 Å². The van der Waals surface area contributed by atoms with Crippen molar-refractivity contribution in [1.82, 2.24) is 14.8 Å². The SMILES string of the molecule is C=C/C(=C\N(C)C)C1=CC(=C=CC)CC(CC)C=C1.CCC.Cc1ncc(NC(=O)CCN(C2CCCC2)C2CCC2)cc1NC(=O)C(C)C.[HH].[HH]. The third-order valence-corrected chi connectivity index (χ3v) is 9.25. The molecule has 0 spiro atoms. The van der Waals surface area contributed by atoms with Gasteiger partial charge in [-0.15, -0.1) is 5.73 Å². The maximum atomic E-state index is 12.5. The summed E-state index contributed by atoms with van der Waals surface area (Å²) < 4.78 is 0. The predicted octanol–water partition coefficient (Wildman–Crippen LogP) is 10.7. The van der Waals surface area contributed by atoms with Crippen LogP contribution in [-0.2, 0) is 9.59 Å². The van der Waals surface area contributed by atoms with Crippen LogP contribution in [0.1, 0.15) is 121 Å². The molecule has 280 valence electrons. The predicted molar refractivity (Wildman–Crippen MR) is 217 cm³/mol. The Labute approximate surface area is 307 Å². The molecule has 1 atom stereocenters. The van der Waals surface area contributed by atoms with Crippen LogP contribution in [-0.4, -0.2) is 59.3 Å². The Hall–Kier alpha value is -3.67. The molecule has 3 aliphatic carbocycles. The summed E-state index contributed by atoms with van der Waals surface area (Å²) in [5.41, 5.74) is 9.00. The number of carbonyl (C=O) groups is 2. The molecule has 1 heterocycles. The zero-order valence-corrected chi connectivity index (χ0v) is 32.8. The van der Waals surface area contributed by atoms with Crippen LogP contribution in [0.5, 0.6) is 0 Å². The lowest BCUT2D eigenvalue weighted by atomic mass is 9.90. The topological polar surface area (TPSA) is 77.6 Å². The number of carbonyl (C=O) groups excluding carboxylic acids is 2. The minimum Gasteiger partial charge on any atom is -0.383 e. The van der Waals surface area contributed by atoms with Gasteiger partial charge in [0.25, 0.3) is 0 Å². The highest BCUT2D eigenvalue weighted by Gasteiger charge is 2.32. The molecule has 0 aliphatic heterocycles. The molecule has 1 aromatic heterocycles. The van der Waals surface area contributed by atoms with Gasteiger partial charge in [0.05, 0.1) is 23.3 Å². The minimum atomic E-state index is -0.106. The van der Waals surface area contributed by atoms with Crippen LogP contribution in [0.15, 0.2) is 77.9 Å².